The number of fused-ring (bicyclic) bond motifs is 1. The van der Waals surface area contributed by atoms with Gasteiger partial charge in [-0.1, -0.05) is 37.8 Å². The molecule has 0 radical (unpaired) electrons. The van der Waals surface area contributed by atoms with Gasteiger partial charge in [0.2, 0.25) is 0 Å². The number of unbranched alkanes of at least 4 members (excludes halogenated alkanes) is 3. The number of hydrogen-bond donors (Lipinski definition) is 0. The van der Waals surface area contributed by atoms with Crippen molar-refractivity contribution in [2.75, 3.05) is 0 Å². The van der Waals surface area contributed by atoms with Crippen LogP contribution in [0.5, 0.6) is 0 Å². The molecule has 0 atom stereocenters. The molecule has 0 N–H and O–H groups in total. The van der Waals surface area contributed by atoms with E-state index in [1.165, 1.54) is 25.7 Å². The summed E-state index contributed by atoms with van der Waals surface area (Å²) in [6.07, 6.45) is 6.11. The van der Waals surface area contributed by atoms with E-state index in [9.17, 15) is 0 Å². The van der Waals surface area contributed by atoms with Gasteiger partial charge in [-0.15, -0.1) is 0 Å². The maximum atomic E-state index is 5.93. The molecule has 86 valence electrons. The van der Waals surface area contributed by atoms with Crippen molar-refractivity contribution < 1.29 is 4.42 Å². The number of aryl methyl sites for hydroxylation is 1. The molecule has 0 fully saturated rings. The van der Waals surface area contributed by atoms with Crippen LogP contribution >= 0.6 is 11.6 Å². The van der Waals surface area contributed by atoms with Gasteiger partial charge in [0.05, 0.1) is 0 Å². The van der Waals surface area contributed by atoms with Crippen molar-refractivity contribution in [2.45, 2.75) is 39.0 Å². The summed E-state index contributed by atoms with van der Waals surface area (Å²) < 4.78 is 5.74. The van der Waals surface area contributed by atoms with Gasteiger partial charge >= 0.3 is 0 Å². The molecule has 1 heterocycles. The Morgan fingerprint density at radius 2 is 2.00 bits per heavy atom. The van der Waals surface area contributed by atoms with Gasteiger partial charge in [0.1, 0.15) is 11.3 Å². The Bertz CT molecular complexity index is 459. The van der Waals surface area contributed by atoms with Crippen molar-refractivity contribution >= 4 is 22.6 Å². The fraction of sp³-hybridized carbons (Fsp3) is 0.429. The van der Waals surface area contributed by atoms with Crippen molar-refractivity contribution in [3.05, 3.63) is 35.0 Å². The van der Waals surface area contributed by atoms with E-state index in [1.807, 2.05) is 18.2 Å². The standard InChI is InChI=1S/C14H17ClO/c1-2-3-4-5-6-13-10-11-9-12(15)7-8-14(11)16-13/h7-10H,2-6H2,1H3. The van der Waals surface area contributed by atoms with Crippen LogP contribution in [-0.4, -0.2) is 0 Å². The minimum absolute atomic E-state index is 0.769. The van der Waals surface area contributed by atoms with E-state index >= 15 is 0 Å². The van der Waals surface area contributed by atoms with Crippen LogP contribution in [0.2, 0.25) is 5.02 Å². The van der Waals surface area contributed by atoms with Crippen molar-refractivity contribution in [1.82, 2.24) is 0 Å². The molecule has 0 saturated heterocycles. The maximum absolute atomic E-state index is 5.93. The van der Waals surface area contributed by atoms with E-state index in [2.05, 4.69) is 13.0 Å². The Balaban J connectivity index is 2.02. The molecule has 2 rings (SSSR count). The quantitative estimate of drug-likeness (QED) is 0.650. The maximum Gasteiger partial charge on any atom is 0.134 e. The summed E-state index contributed by atoms with van der Waals surface area (Å²) in [6, 6.07) is 7.87. The number of benzene rings is 1. The molecule has 0 aliphatic rings. The van der Waals surface area contributed by atoms with Crippen LogP contribution in [0, 0.1) is 0 Å². The molecule has 1 aromatic carbocycles. The average Bonchev–Trinajstić information content (AvgIpc) is 2.66. The van der Waals surface area contributed by atoms with Gasteiger partial charge < -0.3 is 4.42 Å². The Hall–Kier alpha value is -0.950. The van der Waals surface area contributed by atoms with E-state index in [1.54, 1.807) is 0 Å². The number of rotatable bonds is 5. The second-order valence-corrected chi connectivity index (χ2v) is 4.64. The molecule has 1 nitrogen and oxygen atoms in total. The van der Waals surface area contributed by atoms with Crippen molar-refractivity contribution in [2.24, 2.45) is 0 Å². The third-order valence-electron chi connectivity index (χ3n) is 2.81. The molecular weight excluding hydrogens is 220 g/mol. The largest absolute Gasteiger partial charge is 0.461 e. The smallest absolute Gasteiger partial charge is 0.134 e. The number of hydrogen-bond acceptors (Lipinski definition) is 1. The average molecular weight is 237 g/mol. The van der Waals surface area contributed by atoms with Crippen LogP contribution in [0.3, 0.4) is 0 Å². The van der Waals surface area contributed by atoms with Gasteiger partial charge in [0, 0.05) is 16.8 Å². The second-order valence-electron chi connectivity index (χ2n) is 4.21. The summed E-state index contributed by atoms with van der Waals surface area (Å²) in [5.74, 6) is 1.08. The molecule has 16 heavy (non-hydrogen) atoms. The molecule has 2 heteroatoms. The topological polar surface area (TPSA) is 13.1 Å². The minimum atomic E-state index is 0.769. The van der Waals surface area contributed by atoms with Gasteiger partial charge in [-0.05, 0) is 30.7 Å². The van der Waals surface area contributed by atoms with Crippen LogP contribution in [-0.2, 0) is 6.42 Å². The Labute approximate surface area is 101 Å². The van der Waals surface area contributed by atoms with Crippen LogP contribution in [0.4, 0.5) is 0 Å². The van der Waals surface area contributed by atoms with Crippen LogP contribution < -0.4 is 0 Å². The van der Waals surface area contributed by atoms with Gasteiger partial charge in [-0.3, -0.25) is 0 Å². The highest BCUT2D eigenvalue weighted by Crippen LogP contribution is 2.24. The molecule has 0 unspecified atom stereocenters. The van der Waals surface area contributed by atoms with E-state index < -0.39 is 0 Å². The predicted molar refractivity (Wildman–Crippen MR) is 69.1 cm³/mol. The summed E-state index contributed by atoms with van der Waals surface area (Å²) in [5.41, 5.74) is 0.940. The Morgan fingerprint density at radius 3 is 2.81 bits per heavy atom. The first kappa shape index (κ1) is 11.5. The summed E-state index contributed by atoms with van der Waals surface area (Å²) in [6.45, 7) is 2.23. The molecule has 1 aromatic heterocycles. The lowest BCUT2D eigenvalue weighted by molar-refractivity contribution is 0.527. The monoisotopic (exact) mass is 236 g/mol. The lowest BCUT2D eigenvalue weighted by Crippen LogP contribution is -1.81. The molecule has 0 spiro atoms. The fourth-order valence-corrected chi connectivity index (χ4v) is 2.10. The van der Waals surface area contributed by atoms with Crippen molar-refractivity contribution in [1.29, 1.82) is 0 Å². The molecular formula is C14H17ClO. The normalized spacial score (nSPS) is 11.1. The van der Waals surface area contributed by atoms with Gasteiger partial charge in [-0.2, -0.15) is 0 Å². The SMILES string of the molecule is CCCCCCc1cc2cc(Cl)ccc2o1. The van der Waals surface area contributed by atoms with Crippen molar-refractivity contribution in [3.63, 3.8) is 0 Å². The van der Waals surface area contributed by atoms with Crippen LogP contribution in [0.25, 0.3) is 11.0 Å². The molecule has 0 aliphatic heterocycles. The summed E-state index contributed by atoms with van der Waals surface area (Å²) >= 11 is 5.93. The second kappa shape index (κ2) is 5.40. The molecule has 0 saturated carbocycles. The minimum Gasteiger partial charge on any atom is -0.461 e. The van der Waals surface area contributed by atoms with E-state index in [0.717, 1.165) is 28.2 Å². The first-order chi connectivity index (χ1) is 7.79. The highest BCUT2D eigenvalue weighted by atomic mass is 35.5. The highest BCUT2D eigenvalue weighted by molar-refractivity contribution is 6.31. The van der Waals surface area contributed by atoms with Gasteiger partial charge in [0.25, 0.3) is 0 Å². The summed E-state index contributed by atoms with van der Waals surface area (Å²) in [5, 5.41) is 1.88. The van der Waals surface area contributed by atoms with E-state index in [-0.39, 0.29) is 0 Å². The first-order valence-corrected chi connectivity index (χ1v) is 6.35. The predicted octanol–water partition coefficient (Wildman–Crippen LogP) is 5.21. The van der Waals surface area contributed by atoms with Crippen LogP contribution in [0.1, 0.15) is 38.4 Å². The number of furan rings is 1. The molecule has 0 aliphatic carbocycles. The molecule has 0 amide bonds. The Kier molecular flexibility index (Phi) is 3.89. The summed E-state index contributed by atoms with van der Waals surface area (Å²) in [7, 11) is 0. The summed E-state index contributed by atoms with van der Waals surface area (Å²) in [4.78, 5) is 0. The zero-order valence-corrected chi connectivity index (χ0v) is 10.4. The third-order valence-corrected chi connectivity index (χ3v) is 3.04. The zero-order valence-electron chi connectivity index (χ0n) is 9.63. The van der Waals surface area contributed by atoms with E-state index in [4.69, 9.17) is 16.0 Å². The third kappa shape index (κ3) is 2.79. The lowest BCUT2D eigenvalue weighted by atomic mass is 10.1. The van der Waals surface area contributed by atoms with Gasteiger partial charge in [0.15, 0.2) is 0 Å². The first-order valence-electron chi connectivity index (χ1n) is 5.97. The van der Waals surface area contributed by atoms with E-state index in [0.29, 0.717) is 0 Å². The number of halogens is 1. The Morgan fingerprint density at radius 1 is 1.12 bits per heavy atom. The lowest BCUT2D eigenvalue weighted by Gasteiger charge is -1.95. The zero-order chi connectivity index (χ0) is 11.4. The van der Waals surface area contributed by atoms with Crippen molar-refractivity contribution in [3.8, 4) is 0 Å². The fourth-order valence-electron chi connectivity index (χ4n) is 1.92. The van der Waals surface area contributed by atoms with Gasteiger partial charge in [-0.25, -0.2) is 0 Å². The highest BCUT2D eigenvalue weighted by Gasteiger charge is 2.03. The molecule has 2 aromatic rings. The molecule has 0 bridgehead atoms. The van der Waals surface area contributed by atoms with Crippen LogP contribution in [0.15, 0.2) is 28.7 Å².